The van der Waals surface area contributed by atoms with Crippen molar-refractivity contribution < 1.29 is 13.5 Å². The van der Waals surface area contributed by atoms with Crippen molar-refractivity contribution in [3.05, 3.63) is 35.4 Å². The van der Waals surface area contributed by atoms with Gasteiger partial charge in [-0.25, -0.2) is 8.78 Å². The number of ether oxygens (including phenoxy) is 1. The van der Waals surface area contributed by atoms with Gasteiger partial charge in [-0.15, -0.1) is 24.0 Å². The van der Waals surface area contributed by atoms with Crippen LogP contribution in [0.15, 0.2) is 23.2 Å². The molecule has 0 amide bonds. The van der Waals surface area contributed by atoms with E-state index in [1.807, 2.05) is 18.7 Å². The topological polar surface area (TPSA) is 45.7 Å². The Morgan fingerprint density at radius 1 is 1.22 bits per heavy atom. The lowest BCUT2D eigenvalue weighted by Gasteiger charge is -2.35. The molecule has 0 aromatic heterocycles. The number of halogens is 3. The maximum atomic E-state index is 13.7. The maximum Gasteiger partial charge on any atom is 0.191 e. The van der Waals surface area contributed by atoms with Gasteiger partial charge in [0.1, 0.15) is 11.6 Å². The van der Waals surface area contributed by atoms with Crippen LogP contribution in [0.5, 0.6) is 0 Å². The van der Waals surface area contributed by atoms with Crippen molar-refractivity contribution in [1.82, 2.24) is 10.6 Å². The number of nitrogens with zero attached hydrogens (tertiary/aromatic N) is 1. The summed E-state index contributed by atoms with van der Waals surface area (Å²) in [6.07, 6.45) is 2.41. The van der Waals surface area contributed by atoms with E-state index in [9.17, 15) is 8.78 Å². The zero-order valence-electron chi connectivity index (χ0n) is 16.0. The third kappa shape index (κ3) is 8.11. The van der Waals surface area contributed by atoms with Crippen LogP contribution in [0, 0.1) is 11.6 Å². The van der Waals surface area contributed by atoms with Crippen molar-refractivity contribution in [2.75, 3.05) is 38.6 Å². The molecule has 1 fully saturated rings. The molecule has 8 heteroatoms. The van der Waals surface area contributed by atoms with Gasteiger partial charge in [0.2, 0.25) is 0 Å². The van der Waals surface area contributed by atoms with Crippen LogP contribution in [-0.2, 0) is 11.2 Å². The molecular formula is C19H30F2IN3OS. The molecule has 154 valence electrons. The predicted molar refractivity (Wildman–Crippen MR) is 120 cm³/mol. The first kappa shape index (κ1) is 24.4. The molecule has 1 aliphatic heterocycles. The van der Waals surface area contributed by atoms with Gasteiger partial charge in [-0.05, 0) is 55.7 Å². The van der Waals surface area contributed by atoms with Gasteiger partial charge in [-0.1, -0.05) is 6.92 Å². The van der Waals surface area contributed by atoms with Crippen molar-refractivity contribution in [1.29, 1.82) is 0 Å². The van der Waals surface area contributed by atoms with E-state index in [4.69, 9.17) is 9.73 Å². The molecule has 0 unspecified atom stereocenters. The van der Waals surface area contributed by atoms with Crippen LogP contribution in [0.25, 0.3) is 0 Å². The second-order valence-electron chi connectivity index (χ2n) is 6.34. The molecule has 0 saturated carbocycles. The van der Waals surface area contributed by atoms with Crippen LogP contribution in [0.4, 0.5) is 8.78 Å². The van der Waals surface area contributed by atoms with Gasteiger partial charge in [-0.2, -0.15) is 11.8 Å². The van der Waals surface area contributed by atoms with Gasteiger partial charge in [0.15, 0.2) is 5.96 Å². The summed E-state index contributed by atoms with van der Waals surface area (Å²) in [7, 11) is 0. The number of rotatable bonds is 8. The van der Waals surface area contributed by atoms with Crippen LogP contribution in [-0.4, -0.2) is 49.3 Å². The standard InChI is InChI=1S/C19H29F2N3OS.HI/c1-3-22-18(23-10-7-15-13-16(20)5-6-17(15)21)24-14-19(26-4-2)8-11-25-12-9-19;/h5-6,13H,3-4,7-12,14H2,1-2H3,(H2,22,23,24);1H. The van der Waals surface area contributed by atoms with Gasteiger partial charge in [0.05, 0.1) is 6.54 Å². The second kappa shape index (κ2) is 12.8. The zero-order chi connectivity index (χ0) is 18.8. The van der Waals surface area contributed by atoms with Gasteiger partial charge in [0.25, 0.3) is 0 Å². The van der Waals surface area contributed by atoms with Crippen LogP contribution in [0.3, 0.4) is 0 Å². The number of aliphatic imine (C=N–C) groups is 1. The average molecular weight is 513 g/mol. The highest BCUT2D eigenvalue weighted by atomic mass is 127. The predicted octanol–water partition coefficient (Wildman–Crippen LogP) is 3.98. The normalized spacial score (nSPS) is 16.5. The van der Waals surface area contributed by atoms with Crippen LogP contribution in [0.1, 0.15) is 32.3 Å². The molecule has 1 heterocycles. The lowest BCUT2D eigenvalue weighted by Crippen LogP contribution is -2.41. The van der Waals surface area contributed by atoms with E-state index in [0.29, 0.717) is 24.5 Å². The summed E-state index contributed by atoms with van der Waals surface area (Å²) < 4.78 is 32.6. The van der Waals surface area contributed by atoms with E-state index >= 15 is 0 Å². The fourth-order valence-electron chi connectivity index (χ4n) is 3.01. The molecule has 0 radical (unpaired) electrons. The third-order valence-corrected chi connectivity index (χ3v) is 5.86. The van der Waals surface area contributed by atoms with Gasteiger partial charge in [-0.3, -0.25) is 4.99 Å². The van der Waals surface area contributed by atoms with Gasteiger partial charge < -0.3 is 15.4 Å². The second-order valence-corrected chi connectivity index (χ2v) is 8.07. The third-order valence-electron chi connectivity index (χ3n) is 4.42. The quantitative estimate of drug-likeness (QED) is 0.314. The monoisotopic (exact) mass is 513 g/mol. The summed E-state index contributed by atoms with van der Waals surface area (Å²) in [6, 6.07) is 3.55. The van der Waals surface area contributed by atoms with E-state index in [1.165, 1.54) is 12.1 Å². The Morgan fingerprint density at radius 3 is 2.63 bits per heavy atom. The van der Waals surface area contributed by atoms with E-state index in [1.54, 1.807) is 0 Å². The van der Waals surface area contributed by atoms with Crippen molar-refractivity contribution in [3.63, 3.8) is 0 Å². The minimum Gasteiger partial charge on any atom is -0.381 e. The minimum atomic E-state index is -0.417. The number of thioether (sulfide) groups is 1. The Balaban J connectivity index is 0.00000364. The van der Waals surface area contributed by atoms with Crippen LogP contribution >= 0.6 is 35.7 Å². The summed E-state index contributed by atoms with van der Waals surface area (Å²) in [5, 5.41) is 6.45. The van der Waals surface area contributed by atoms with Crippen molar-refractivity contribution in [3.8, 4) is 0 Å². The zero-order valence-corrected chi connectivity index (χ0v) is 19.2. The van der Waals surface area contributed by atoms with E-state index < -0.39 is 5.82 Å². The number of guanidine groups is 1. The summed E-state index contributed by atoms with van der Waals surface area (Å²) in [4.78, 5) is 4.75. The molecule has 0 atom stereocenters. The maximum absolute atomic E-state index is 13.7. The van der Waals surface area contributed by atoms with Gasteiger partial charge in [0, 0.05) is 31.1 Å². The molecule has 1 aromatic carbocycles. The average Bonchev–Trinajstić information content (AvgIpc) is 2.64. The highest BCUT2D eigenvalue weighted by molar-refractivity contribution is 14.0. The van der Waals surface area contributed by atoms with Crippen molar-refractivity contribution >= 4 is 41.7 Å². The first-order valence-corrected chi connectivity index (χ1v) is 10.2. The lowest BCUT2D eigenvalue weighted by atomic mass is 9.99. The summed E-state index contributed by atoms with van der Waals surface area (Å²) in [5.41, 5.74) is 0.371. The molecule has 0 bridgehead atoms. The molecule has 2 rings (SSSR count). The molecule has 2 N–H and O–H groups in total. The molecule has 0 spiro atoms. The van der Waals surface area contributed by atoms with Crippen molar-refractivity contribution in [2.24, 2.45) is 4.99 Å². The highest BCUT2D eigenvalue weighted by Gasteiger charge is 2.32. The van der Waals surface area contributed by atoms with Crippen LogP contribution in [0.2, 0.25) is 0 Å². The summed E-state index contributed by atoms with van der Waals surface area (Å²) in [5.74, 6) is 0.973. The molecule has 27 heavy (non-hydrogen) atoms. The first-order valence-electron chi connectivity index (χ1n) is 9.26. The number of hydrogen-bond acceptors (Lipinski definition) is 3. The van der Waals surface area contributed by atoms with E-state index in [2.05, 4.69) is 17.6 Å². The molecule has 1 aliphatic rings. The summed E-state index contributed by atoms with van der Waals surface area (Å²) in [6.45, 7) is 7.70. The fourth-order valence-corrected chi connectivity index (χ4v) is 4.24. The van der Waals surface area contributed by atoms with Crippen LogP contribution < -0.4 is 10.6 Å². The number of benzene rings is 1. The fraction of sp³-hybridized carbons (Fsp3) is 0.632. The number of hydrogen-bond donors (Lipinski definition) is 2. The Labute approximate surface area is 182 Å². The molecule has 0 aliphatic carbocycles. The smallest absolute Gasteiger partial charge is 0.191 e. The first-order chi connectivity index (χ1) is 12.6. The van der Waals surface area contributed by atoms with E-state index in [-0.39, 0.29) is 34.5 Å². The van der Waals surface area contributed by atoms with Gasteiger partial charge >= 0.3 is 0 Å². The largest absolute Gasteiger partial charge is 0.381 e. The SMILES string of the molecule is CCNC(=NCC1(SCC)CCOCC1)NCCc1cc(F)ccc1F.I. The minimum absolute atomic E-state index is 0. The number of nitrogens with one attached hydrogen (secondary N) is 2. The Morgan fingerprint density at radius 2 is 1.96 bits per heavy atom. The molecule has 4 nitrogen and oxygen atoms in total. The molecular weight excluding hydrogens is 483 g/mol. The lowest BCUT2D eigenvalue weighted by molar-refractivity contribution is 0.0793. The van der Waals surface area contributed by atoms with E-state index in [0.717, 1.165) is 51.0 Å². The molecule has 1 aromatic rings. The Kier molecular flexibility index (Phi) is 11.6. The Hall–Kier alpha value is -0.610. The van der Waals surface area contributed by atoms with Crippen molar-refractivity contribution in [2.45, 2.75) is 37.9 Å². The molecule has 1 saturated heterocycles. The Bertz CT molecular complexity index is 593. The highest BCUT2D eigenvalue weighted by Crippen LogP contribution is 2.35. The summed E-state index contributed by atoms with van der Waals surface area (Å²) >= 11 is 1.95.